The smallest absolute Gasteiger partial charge is 0.241 e. The second-order valence-corrected chi connectivity index (χ2v) is 9.49. The van der Waals surface area contributed by atoms with Gasteiger partial charge in [0.15, 0.2) is 0 Å². The molecule has 0 radical (unpaired) electrons. The van der Waals surface area contributed by atoms with Crippen LogP contribution in [0.5, 0.6) is 0 Å². The quantitative estimate of drug-likeness (QED) is 0.869. The largest absolute Gasteiger partial charge is 0.373 e. The Hall–Kier alpha value is -1.39. The summed E-state index contributed by atoms with van der Waals surface area (Å²) < 4.78 is 5.98. The molecule has 0 unspecified atom stereocenters. The summed E-state index contributed by atoms with van der Waals surface area (Å²) in [5.74, 6) is 1.72. The average molecular weight is 369 g/mol. The van der Waals surface area contributed by atoms with E-state index >= 15 is 0 Å². The summed E-state index contributed by atoms with van der Waals surface area (Å²) in [6, 6.07) is 9.03. The Morgan fingerprint density at radius 1 is 1.04 bits per heavy atom. The van der Waals surface area contributed by atoms with Gasteiger partial charge in [-0.25, -0.2) is 0 Å². The number of carbonyl (C=O) groups excluding carboxylic acids is 1. The third-order valence-corrected chi connectivity index (χ3v) is 7.09. The van der Waals surface area contributed by atoms with E-state index in [1.807, 2.05) is 0 Å². The Kier molecular flexibility index (Phi) is 4.32. The zero-order valence-electron chi connectivity index (χ0n) is 16.6. The van der Waals surface area contributed by atoms with Crippen molar-refractivity contribution in [3.63, 3.8) is 0 Å². The van der Waals surface area contributed by atoms with Crippen LogP contribution in [0, 0.1) is 11.8 Å². The first-order valence-electron chi connectivity index (χ1n) is 10.8. The monoisotopic (exact) mass is 368 g/mol. The molecule has 1 aliphatic heterocycles. The molecule has 2 saturated carbocycles. The van der Waals surface area contributed by atoms with E-state index in [0.717, 1.165) is 37.8 Å². The Morgan fingerprint density at radius 3 is 2.04 bits per heavy atom. The summed E-state index contributed by atoms with van der Waals surface area (Å²) in [5, 5.41) is 3.56. The Bertz CT molecular complexity index is 678. The second-order valence-electron chi connectivity index (χ2n) is 9.49. The van der Waals surface area contributed by atoms with Crippen molar-refractivity contribution in [3.8, 4) is 0 Å². The molecule has 1 saturated heterocycles. The van der Waals surface area contributed by atoms with Gasteiger partial charge in [0.05, 0.1) is 12.2 Å². The molecule has 0 spiro atoms. The van der Waals surface area contributed by atoms with Gasteiger partial charge in [-0.05, 0) is 62.5 Å². The molecule has 3 fully saturated rings. The number of benzene rings is 1. The molecule has 1 aromatic carbocycles. The van der Waals surface area contributed by atoms with E-state index in [9.17, 15) is 4.79 Å². The van der Waals surface area contributed by atoms with Gasteiger partial charge in [-0.1, -0.05) is 24.3 Å². The standard InChI is InChI=1S/C23H32N2O2/c1-15-13-25(14-16(2)27-15)23(11-19-5-3-4-6-20(19)12-23)22(26)24-21(17-7-8-17)18-9-10-18/h3-6,15-18,21H,7-14H2,1-2H3,(H,24,26)/t15-,16+. The first-order valence-corrected chi connectivity index (χ1v) is 10.8. The van der Waals surface area contributed by atoms with Gasteiger partial charge in [0.2, 0.25) is 5.91 Å². The predicted molar refractivity (Wildman–Crippen MR) is 106 cm³/mol. The lowest BCUT2D eigenvalue weighted by Crippen LogP contribution is -2.65. The van der Waals surface area contributed by atoms with Gasteiger partial charge in [-0.15, -0.1) is 0 Å². The van der Waals surface area contributed by atoms with Crippen LogP contribution >= 0.6 is 0 Å². The maximum Gasteiger partial charge on any atom is 0.241 e. The molecule has 146 valence electrons. The molecule has 1 aromatic rings. The number of rotatable bonds is 5. The van der Waals surface area contributed by atoms with Gasteiger partial charge in [0, 0.05) is 32.0 Å². The van der Waals surface area contributed by atoms with E-state index in [-0.39, 0.29) is 18.1 Å². The van der Waals surface area contributed by atoms with E-state index in [1.165, 1.54) is 36.8 Å². The van der Waals surface area contributed by atoms with Crippen LogP contribution in [-0.2, 0) is 22.4 Å². The van der Waals surface area contributed by atoms with Crippen molar-refractivity contribution < 1.29 is 9.53 Å². The Balaban J connectivity index is 1.44. The van der Waals surface area contributed by atoms with Crippen LogP contribution in [0.25, 0.3) is 0 Å². The molecule has 4 aliphatic rings. The number of nitrogens with zero attached hydrogens (tertiary/aromatic N) is 1. The molecule has 2 atom stereocenters. The summed E-state index contributed by atoms with van der Waals surface area (Å²) in [7, 11) is 0. The number of ether oxygens (including phenoxy) is 1. The molecular formula is C23H32N2O2. The zero-order valence-corrected chi connectivity index (χ0v) is 16.6. The van der Waals surface area contributed by atoms with Crippen LogP contribution < -0.4 is 5.32 Å². The summed E-state index contributed by atoms with van der Waals surface area (Å²) in [4.78, 5) is 16.3. The summed E-state index contributed by atoms with van der Waals surface area (Å²) >= 11 is 0. The van der Waals surface area contributed by atoms with Crippen LogP contribution in [0.4, 0.5) is 0 Å². The second kappa shape index (κ2) is 6.59. The van der Waals surface area contributed by atoms with Gasteiger partial charge in [-0.2, -0.15) is 0 Å². The number of hydrogen-bond donors (Lipinski definition) is 1. The van der Waals surface area contributed by atoms with Gasteiger partial charge in [-0.3, -0.25) is 9.69 Å². The number of amides is 1. The molecule has 4 heteroatoms. The molecule has 1 heterocycles. The molecule has 1 amide bonds. The zero-order chi connectivity index (χ0) is 18.6. The number of morpholine rings is 1. The lowest BCUT2D eigenvalue weighted by Gasteiger charge is -2.46. The first kappa shape index (κ1) is 17.7. The third-order valence-electron chi connectivity index (χ3n) is 7.09. The van der Waals surface area contributed by atoms with Crippen LogP contribution in [0.2, 0.25) is 0 Å². The van der Waals surface area contributed by atoms with Crippen LogP contribution in [0.15, 0.2) is 24.3 Å². The normalized spacial score (nSPS) is 30.3. The fraction of sp³-hybridized carbons (Fsp3) is 0.696. The molecule has 3 aliphatic carbocycles. The van der Waals surface area contributed by atoms with E-state index < -0.39 is 5.54 Å². The molecule has 5 rings (SSSR count). The van der Waals surface area contributed by atoms with Crippen LogP contribution in [0.3, 0.4) is 0 Å². The maximum absolute atomic E-state index is 13.8. The summed E-state index contributed by atoms with van der Waals surface area (Å²) in [5.41, 5.74) is 2.24. The lowest BCUT2D eigenvalue weighted by atomic mass is 9.89. The van der Waals surface area contributed by atoms with Crippen molar-refractivity contribution in [1.29, 1.82) is 0 Å². The minimum atomic E-state index is -0.446. The van der Waals surface area contributed by atoms with Gasteiger partial charge in [0.1, 0.15) is 5.54 Å². The van der Waals surface area contributed by atoms with E-state index in [1.54, 1.807) is 0 Å². The lowest BCUT2D eigenvalue weighted by molar-refractivity contribution is -0.145. The SMILES string of the molecule is C[C@@H]1CN(C2(C(=O)NC(C3CC3)C3CC3)Cc3ccccc3C2)C[C@H](C)O1. The highest BCUT2D eigenvalue weighted by Gasteiger charge is 2.52. The average Bonchev–Trinajstić information content (AvgIpc) is 3.55. The number of carbonyl (C=O) groups is 1. The topological polar surface area (TPSA) is 41.6 Å². The Labute approximate surface area is 162 Å². The van der Waals surface area contributed by atoms with Crippen molar-refractivity contribution in [2.45, 2.75) is 76.2 Å². The van der Waals surface area contributed by atoms with Gasteiger partial charge >= 0.3 is 0 Å². The molecule has 1 N–H and O–H groups in total. The van der Waals surface area contributed by atoms with Crippen molar-refractivity contribution >= 4 is 5.91 Å². The minimum Gasteiger partial charge on any atom is -0.373 e. The number of hydrogen-bond acceptors (Lipinski definition) is 3. The van der Waals surface area contributed by atoms with E-state index in [2.05, 4.69) is 48.3 Å². The third kappa shape index (κ3) is 3.31. The molecule has 0 aromatic heterocycles. The predicted octanol–water partition coefficient (Wildman–Crippen LogP) is 2.94. The van der Waals surface area contributed by atoms with Crippen molar-refractivity contribution in [2.75, 3.05) is 13.1 Å². The summed E-state index contributed by atoms with van der Waals surface area (Å²) in [6.07, 6.45) is 7.17. The highest BCUT2D eigenvalue weighted by atomic mass is 16.5. The Morgan fingerprint density at radius 2 is 1.56 bits per heavy atom. The molecule has 0 bridgehead atoms. The van der Waals surface area contributed by atoms with Gasteiger partial charge < -0.3 is 10.1 Å². The van der Waals surface area contributed by atoms with E-state index in [4.69, 9.17) is 4.74 Å². The number of nitrogens with one attached hydrogen (secondary N) is 1. The highest BCUT2D eigenvalue weighted by molar-refractivity contribution is 5.88. The summed E-state index contributed by atoms with van der Waals surface area (Å²) in [6.45, 7) is 5.94. The minimum absolute atomic E-state index is 0.171. The van der Waals surface area contributed by atoms with Crippen molar-refractivity contribution in [2.24, 2.45) is 11.8 Å². The van der Waals surface area contributed by atoms with Crippen molar-refractivity contribution in [1.82, 2.24) is 10.2 Å². The fourth-order valence-corrected chi connectivity index (χ4v) is 5.47. The maximum atomic E-state index is 13.8. The first-order chi connectivity index (χ1) is 13.0. The molecule has 27 heavy (non-hydrogen) atoms. The van der Waals surface area contributed by atoms with Gasteiger partial charge in [0.25, 0.3) is 0 Å². The van der Waals surface area contributed by atoms with Crippen molar-refractivity contribution in [3.05, 3.63) is 35.4 Å². The molecule has 4 nitrogen and oxygen atoms in total. The van der Waals surface area contributed by atoms with Crippen LogP contribution in [-0.4, -0.2) is 47.7 Å². The number of fused-ring (bicyclic) bond motifs is 1. The molecular weight excluding hydrogens is 336 g/mol. The van der Waals surface area contributed by atoms with E-state index in [0.29, 0.717) is 6.04 Å². The van der Waals surface area contributed by atoms with Crippen LogP contribution in [0.1, 0.15) is 50.7 Å². The fourth-order valence-electron chi connectivity index (χ4n) is 5.47. The highest BCUT2D eigenvalue weighted by Crippen LogP contribution is 2.45.